The van der Waals surface area contributed by atoms with E-state index in [1.54, 1.807) is 11.3 Å². The van der Waals surface area contributed by atoms with E-state index in [1.165, 1.54) is 25.7 Å². The summed E-state index contributed by atoms with van der Waals surface area (Å²) in [6.45, 7) is 2.20. The van der Waals surface area contributed by atoms with E-state index in [2.05, 4.69) is 53.3 Å². The molecule has 2 aromatic heterocycles. The highest BCUT2D eigenvalue weighted by Gasteiger charge is 2.16. The van der Waals surface area contributed by atoms with Gasteiger partial charge in [0.1, 0.15) is 0 Å². The zero-order chi connectivity index (χ0) is 21.2. The molecule has 3 aromatic carbocycles. The van der Waals surface area contributed by atoms with Crippen LogP contribution in [0.1, 0.15) is 12.5 Å². The Morgan fingerprint density at radius 1 is 0.871 bits per heavy atom. The molecule has 0 aliphatic rings. The van der Waals surface area contributed by atoms with Gasteiger partial charge in [0.2, 0.25) is 5.28 Å². The van der Waals surface area contributed by atoms with Crippen LogP contribution in [0.5, 0.6) is 0 Å². The van der Waals surface area contributed by atoms with Crippen molar-refractivity contribution in [3.8, 4) is 22.8 Å². The van der Waals surface area contributed by atoms with Gasteiger partial charge in [0.25, 0.3) is 0 Å². The van der Waals surface area contributed by atoms with E-state index in [9.17, 15) is 0 Å². The van der Waals surface area contributed by atoms with Crippen molar-refractivity contribution in [1.82, 2.24) is 15.0 Å². The fourth-order valence-corrected chi connectivity index (χ4v) is 5.74. The van der Waals surface area contributed by atoms with E-state index in [1.807, 2.05) is 42.1 Å². The zero-order valence-corrected chi connectivity index (χ0v) is 19.4. The molecule has 0 unspecified atom stereocenters. The average Bonchev–Trinajstić information content (AvgIpc) is 3.18. The monoisotopic (exact) mass is 461 g/mol. The van der Waals surface area contributed by atoms with Crippen molar-refractivity contribution in [2.45, 2.75) is 13.3 Å². The van der Waals surface area contributed by atoms with Gasteiger partial charge in [-0.15, -0.1) is 11.3 Å². The largest absolute Gasteiger partial charge is 0.226 e. The van der Waals surface area contributed by atoms with E-state index in [0.29, 0.717) is 11.6 Å². The molecule has 5 aromatic rings. The Kier molecular flexibility index (Phi) is 5.90. The van der Waals surface area contributed by atoms with Crippen molar-refractivity contribution in [3.63, 3.8) is 0 Å². The van der Waals surface area contributed by atoms with E-state index in [0.717, 1.165) is 29.1 Å². The summed E-state index contributed by atoms with van der Waals surface area (Å²) >= 11 is 10.1. The van der Waals surface area contributed by atoms with Crippen molar-refractivity contribution >= 4 is 54.9 Å². The minimum Gasteiger partial charge on any atom is -0.208 e. The topological polar surface area (TPSA) is 38.7 Å². The standard InChI is InChI=1S/C25H20ClN3S2/c1-2-30-13-12-16-14-19-18-10-6-7-11-21(18)31-22(19)20(15-16)24-27-23(28-25(26)29-24)17-8-4-3-5-9-17/h3-11,14-15H,2,12-13H2,1H3. The van der Waals surface area contributed by atoms with Crippen LogP contribution in [-0.4, -0.2) is 26.5 Å². The summed E-state index contributed by atoms with van der Waals surface area (Å²) in [7, 11) is 0. The Morgan fingerprint density at radius 3 is 2.48 bits per heavy atom. The molecule has 3 nitrogen and oxygen atoms in total. The third kappa shape index (κ3) is 4.18. The molecule has 0 aliphatic carbocycles. The summed E-state index contributed by atoms with van der Waals surface area (Å²) in [6.07, 6.45) is 1.01. The van der Waals surface area contributed by atoms with Gasteiger partial charge in [-0.3, -0.25) is 0 Å². The average molecular weight is 462 g/mol. The Morgan fingerprint density at radius 2 is 1.65 bits per heavy atom. The van der Waals surface area contributed by atoms with Gasteiger partial charge in [-0.2, -0.15) is 21.7 Å². The second kappa shape index (κ2) is 8.95. The molecule has 0 atom stereocenters. The van der Waals surface area contributed by atoms with Crippen LogP contribution in [0.4, 0.5) is 0 Å². The summed E-state index contributed by atoms with van der Waals surface area (Å²) in [5.41, 5.74) is 3.25. The molecule has 0 saturated carbocycles. The summed E-state index contributed by atoms with van der Waals surface area (Å²) in [5.74, 6) is 3.44. The number of thiophene rings is 1. The number of aromatic nitrogens is 3. The van der Waals surface area contributed by atoms with Crippen LogP contribution in [0.2, 0.25) is 5.28 Å². The normalized spacial score (nSPS) is 11.4. The minimum atomic E-state index is 0.213. The molecule has 2 heterocycles. The molecular weight excluding hydrogens is 442 g/mol. The first-order valence-corrected chi connectivity index (χ1v) is 12.6. The summed E-state index contributed by atoms with van der Waals surface area (Å²) in [4.78, 5) is 13.7. The smallest absolute Gasteiger partial charge is 0.208 e. The van der Waals surface area contributed by atoms with Gasteiger partial charge in [0, 0.05) is 31.3 Å². The number of hydrogen-bond acceptors (Lipinski definition) is 5. The predicted molar refractivity (Wildman–Crippen MR) is 135 cm³/mol. The molecule has 0 saturated heterocycles. The highest BCUT2D eigenvalue weighted by molar-refractivity contribution is 7.99. The van der Waals surface area contributed by atoms with E-state index in [4.69, 9.17) is 16.6 Å². The first-order chi connectivity index (χ1) is 15.2. The fraction of sp³-hybridized carbons (Fsp3) is 0.160. The number of hydrogen-bond donors (Lipinski definition) is 0. The molecule has 0 bridgehead atoms. The first kappa shape index (κ1) is 20.4. The maximum absolute atomic E-state index is 6.36. The molecule has 31 heavy (non-hydrogen) atoms. The molecule has 0 fully saturated rings. The van der Waals surface area contributed by atoms with Gasteiger partial charge in [-0.1, -0.05) is 55.5 Å². The molecule has 0 aliphatic heterocycles. The van der Waals surface area contributed by atoms with Gasteiger partial charge < -0.3 is 0 Å². The highest BCUT2D eigenvalue weighted by atomic mass is 35.5. The lowest BCUT2D eigenvalue weighted by molar-refractivity contribution is 1.07. The van der Waals surface area contributed by atoms with Crippen LogP contribution >= 0.6 is 34.7 Å². The summed E-state index contributed by atoms with van der Waals surface area (Å²) in [6, 6.07) is 23.0. The molecule has 5 rings (SSSR count). The van der Waals surface area contributed by atoms with Crippen LogP contribution < -0.4 is 0 Å². The number of halogens is 1. The highest BCUT2D eigenvalue weighted by Crippen LogP contribution is 2.40. The SMILES string of the molecule is CCSCCc1cc(-c2nc(Cl)nc(-c3ccccc3)n2)c2sc3ccccc3c2c1. The Labute approximate surface area is 194 Å². The molecular formula is C25H20ClN3S2. The van der Waals surface area contributed by atoms with Crippen molar-refractivity contribution in [2.75, 3.05) is 11.5 Å². The first-order valence-electron chi connectivity index (χ1n) is 10.2. The van der Waals surface area contributed by atoms with Crippen molar-refractivity contribution in [1.29, 1.82) is 0 Å². The molecule has 154 valence electrons. The predicted octanol–water partition coefficient (Wildman–Crippen LogP) is 7.52. The van der Waals surface area contributed by atoms with Gasteiger partial charge in [0.05, 0.1) is 0 Å². The van der Waals surface area contributed by atoms with Crippen molar-refractivity contribution < 1.29 is 0 Å². The molecule has 0 radical (unpaired) electrons. The van der Waals surface area contributed by atoms with Crippen LogP contribution in [0, 0.1) is 0 Å². The van der Waals surface area contributed by atoms with E-state index >= 15 is 0 Å². The third-order valence-corrected chi connectivity index (χ3v) is 7.45. The van der Waals surface area contributed by atoms with Crippen molar-refractivity contribution in [2.24, 2.45) is 0 Å². The van der Waals surface area contributed by atoms with Crippen molar-refractivity contribution in [3.05, 3.63) is 77.6 Å². The van der Waals surface area contributed by atoms with Crippen LogP contribution in [0.25, 0.3) is 42.9 Å². The lowest BCUT2D eigenvalue weighted by atomic mass is 10.0. The van der Waals surface area contributed by atoms with Crippen LogP contribution in [0.3, 0.4) is 0 Å². The molecule has 0 N–H and O–H groups in total. The molecule has 0 spiro atoms. The second-order valence-electron chi connectivity index (χ2n) is 7.18. The second-order valence-corrected chi connectivity index (χ2v) is 9.97. The Balaban J connectivity index is 1.72. The summed E-state index contributed by atoms with van der Waals surface area (Å²) in [5, 5.41) is 2.75. The van der Waals surface area contributed by atoms with Gasteiger partial charge >= 0.3 is 0 Å². The minimum absolute atomic E-state index is 0.213. The lowest BCUT2D eigenvalue weighted by Crippen LogP contribution is -1.98. The third-order valence-electron chi connectivity index (χ3n) is 5.16. The number of fused-ring (bicyclic) bond motifs is 3. The maximum atomic E-state index is 6.36. The lowest BCUT2D eigenvalue weighted by Gasteiger charge is -2.09. The van der Waals surface area contributed by atoms with Crippen LogP contribution in [-0.2, 0) is 6.42 Å². The maximum Gasteiger partial charge on any atom is 0.226 e. The summed E-state index contributed by atoms with van der Waals surface area (Å²) < 4.78 is 2.46. The van der Waals surface area contributed by atoms with E-state index < -0.39 is 0 Å². The number of aryl methyl sites for hydroxylation is 1. The fourth-order valence-electron chi connectivity index (χ4n) is 3.72. The number of benzene rings is 3. The molecule has 0 amide bonds. The van der Waals surface area contributed by atoms with Gasteiger partial charge in [-0.25, -0.2) is 4.98 Å². The number of nitrogens with zero attached hydrogens (tertiary/aromatic N) is 3. The Bertz CT molecular complexity index is 1370. The van der Waals surface area contributed by atoms with Gasteiger partial charge in [-0.05, 0) is 53.3 Å². The quantitative estimate of drug-likeness (QED) is 0.245. The molecule has 6 heteroatoms. The zero-order valence-electron chi connectivity index (χ0n) is 17.0. The van der Waals surface area contributed by atoms with E-state index in [-0.39, 0.29) is 5.28 Å². The number of thioether (sulfide) groups is 1. The number of rotatable bonds is 6. The Hall–Kier alpha value is -2.47. The van der Waals surface area contributed by atoms with Crippen LogP contribution in [0.15, 0.2) is 66.7 Å². The van der Waals surface area contributed by atoms with Gasteiger partial charge in [0.15, 0.2) is 11.6 Å².